The van der Waals surface area contributed by atoms with E-state index in [4.69, 9.17) is 35.4 Å². The summed E-state index contributed by atoms with van der Waals surface area (Å²) >= 11 is 1.05. The molecule has 0 saturated carbocycles. The van der Waals surface area contributed by atoms with Crippen LogP contribution in [0.4, 0.5) is 10.6 Å². The number of amides is 2. The molecule has 7 N–H and O–H groups in total. The molecule has 1 aromatic heterocycles. The van der Waals surface area contributed by atoms with Crippen molar-refractivity contribution in [2.45, 2.75) is 30.1 Å². The summed E-state index contributed by atoms with van der Waals surface area (Å²) in [5.41, 5.74) is -1.74. The molecule has 46 heavy (non-hydrogen) atoms. The number of hydrogen-bond donors (Lipinski definition) is 7. The highest BCUT2D eigenvalue weighted by Crippen LogP contribution is 2.24. The van der Waals surface area contributed by atoms with Crippen molar-refractivity contribution in [2.24, 2.45) is 0 Å². The van der Waals surface area contributed by atoms with Crippen LogP contribution in [0.1, 0.15) is 18.4 Å². The van der Waals surface area contributed by atoms with Gasteiger partial charge in [-0.3, -0.25) is 24.5 Å². The minimum Gasteiger partial charge on any atom is -0.492 e. The van der Waals surface area contributed by atoms with Crippen molar-refractivity contribution in [2.75, 3.05) is 25.1 Å². The Kier molecular flexibility index (Phi) is 15.9. The third kappa shape index (κ3) is 15.3. The Bertz CT molecular complexity index is 1380. The lowest BCUT2D eigenvalue weighted by molar-refractivity contribution is -0.170. The molecule has 0 spiro atoms. The van der Waals surface area contributed by atoms with Crippen molar-refractivity contribution < 1.29 is 68.9 Å². The first kappa shape index (κ1) is 38.5. The summed E-state index contributed by atoms with van der Waals surface area (Å²) in [5, 5.41) is 51.1. The van der Waals surface area contributed by atoms with Gasteiger partial charge in [-0.25, -0.2) is 19.4 Å². The number of carbonyl (C=O) groups is 7. The number of aromatic nitrogens is 1. The Labute approximate surface area is 265 Å². The largest absolute Gasteiger partial charge is 0.492 e. The highest BCUT2D eigenvalue weighted by Gasteiger charge is 2.40. The number of likely N-dealkylation sites (N-methyl/N-ethyl adjacent to an activating group) is 1. The van der Waals surface area contributed by atoms with Crippen LogP contribution in [0.15, 0.2) is 60.8 Å². The normalized spacial score (nSPS) is 13.7. The molecule has 18 heteroatoms. The molecule has 1 aliphatic rings. The van der Waals surface area contributed by atoms with Crippen molar-refractivity contribution >= 4 is 58.6 Å². The van der Waals surface area contributed by atoms with Gasteiger partial charge in [0.15, 0.2) is 5.60 Å². The summed E-state index contributed by atoms with van der Waals surface area (Å²) in [4.78, 5) is 78.7. The lowest BCUT2D eigenvalue weighted by Crippen LogP contribution is -2.42. The quantitative estimate of drug-likeness (QED) is 0.138. The predicted molar refractivity (Wildman–Crippen MR) is 160 cm³/mol. The molecular formula is C28H31N3O14S. The number of rotatable bonds is 14. The van der Waals surface area contributed by atoms with Crippen LogP contribution in [0.25, 0.3) is 0 Å². The molecule has 1 aliphatic heterocycles. The molecule has 17 nitrogen and oxygen atoms in total. The number of nitrogens with one attached hydrogen (secondary N) is 1. The van der Waals surface area contributed by atoms with E-state index in [9.17, 15) is 33.6 Å². The van der Waals surface area contributed by atoms with Crippen LogP contribution >= 0.6 is 11.8 Å². The molecule has 1 atom stereocenters. The number of carbonyl (C=O) groups excluding carboxylic acids is 2. The van der Waals surface area contributed by atoms with E-state index in [1.807, 2.05) is 54.4 Å². The minimum absolute atomic E-state index is 0.215. The van der Waals surface area contributed by atoms with Gasteiger partial charge in [0.1, 0.15) is 18.2 Å². The molecule has 0 radical (unpaired) electrons. The zero-order valence-corrected chi connectivity index (χ0v) is 25.0. The molecule has 1 saturated heterocycles. The molecule has 0 bridgehead atoms. The van der Waals surface area contributed by atoms with Gasteiger partial charge in [0.2, 0.25) is 5.91 Å². The minimum atomic E-state index is -2.74. The lowest BCUT2D eigenvalue weighted by Gasteiger charge is -2.18. The smallest absolute Gasteiger partial charge is 0.336 e. The number of carboxylic acids is 5. The first-order chi connectivity index (χ1) is 21.5. The molecular weight excluding hydrogens is 634 g/mol. The number of imide groups is 1. The maximum Gasteiger partial charge on any atom is 0.336 e. The third-order valence-electron chi connectivity index (χ3n) is 5.50. The molecule has 248 valence electrons. The summed E-state index contributed by atoms with van der Waals surface area (Å²) in [6.07, 6.45) is 1.13. The summed E-state index contributed by atoms with van der Waals surface area (Å²) in [5.74, 6) is -6.07. The van der Waals surface area contributed by atoms with E-state index in [0.29, 0.717) is 25.2 Å². The van der Waals surface area contributed by atoms with Crippen LogP contribution in [-0.2, 0) is 35.2 Å². The van der Waals surface area contributed by atoms with Crippen LogP contribution in [0.5, 0.6) is 5.75 Å². The fourth-order valence-corrected chi connectivity index (χ4v) is 4.17. The zero-order valence-electron chi connectivity index (χ0n) is 24.1. The zero-order chi connectivity index (χ0) is 34.9. The first-order valence-electron chi connectivity index (χ1n) is 12.9. The Morgan fingerprint density at radius 1 is 0.935 bits per heavy atom. The van der Waals surface area contributed by atoms with Crippen LogP contribution in [0, 0.1) is 0 Å². The van der Waals surface area contributed by atoms with Crippen molar-refractivity contribution in [1.82, 2.24) is 10.3 Å². The second-order valence-electron chi connectivity index (χ2n) is 9.18. The SMILES string of the molecule is CN(CCOc1ccc(CC2SC(=O)NC2=O)cc1)c1ccccn1.O=C(O)C=CC(=O)O.O=C(O)CC(O)(CC(=O)O)C(=O)O. The molecule has 2 heterocycles. The Balaban J connectivity index is 0.000000422. The van der Waals surface area contributed by atoms with Crippen molar-refractivity contribution in [1.29, 1.82) is 0 Å². The number of thioether (sulfide) groups is 1. The van der Waals surface area contributed by atoms with E-state index in [1.54, 1.807) is 6.20 Å². The van der Waals surface area contributed by atoms with Gasteiger partial charge in [0.05, 0.1) is 24.6 Å². The highest BCUT2D eigenvalue weighted by atomic mass is 32.2. The maximum absolute atomic E-state index is 11.6. The van der Waals surface area contributed by atoms with Gasteiger partial charge in [-0.15, -0.1) is 0 Å². The monoisotopic (exact) mass is 665 g/mol. The van der Waals surface area contributed by atoms with Gasteiger partial charge < -0.3 is 40.3 Å². The Hall–Kier alpha value is -5.49. The summed E-state index contributed by atoms with van der Waals surface area (Å²) in [7, 11) is 1.97. The molecule has 0 aliphatic carbocycles. The number of benzene rings is 1. The van der Waals surface area contributed by atoms with Crippen LogP contribution in [0.3, 0.4) is 0 Å². The predicted octanol–water partition coefficient (Wildman–Crippen LogP) is 0.954. The Morgan fingerprint density at radius 3 is 1.91 bits per heavy atom. The number of aliphatic hydroxyl groups is 1. The summed E-state index contributed by atoms with van der Waals surface area (Å²) in [6.45, 7) is 1.27. The van der Waals surface area contributed by atoms with Crippen molar-refractivity contribution in [3.8, 4) is 5.75 Å². The molecule has 1 aromatic carbocycles. The van der Waals surface area contributed by atoms with Crippen molar-refractivity contribution in [3.63, 3.8) is 0 Å². The topological polar surface area (TPSA) is 278 Å². The van der Waals surface area contributed by atoms with Crippen LogP contribution in [-0.4, -0.2) is 108 Å². The van der Waals surface area contributed by atoms with Gasteiger partial charge in [-0.2, -0.15) is 0 Å². The molecule has 2 aromatic rings. The van der Waals surface area contributed by atoms with Gasteiger partial charge in [-0.1, -0.05) is 30.0 Å². The number of nitrogens with zero attached hydrogens (tertiary/aromatic N) is 2. The fourth-order valence-electron chi connectivity index (χ4n) is 3.31. The first-order valence-corrected chi connectivity index (χ1v) is 13.8. The number of anilines is 1. The van der Waals surface area contributed by atoms with Gasteiger partial charge >= 0.3 is 29.8 Å². The molecule has 3 rings (SSSR count). The second kappa shape index (κ2) is 19.0. The molecule has 1 fully saturated rings. The molecule has 1 unspecified atom stereocenters. The van der Waals surface area contributed by atoms with Gasteiger partial charge in [-0.05, 0) is 36.2 Å². The number of ether oxygens (including phenoxy) is 1. The van der Waals surface area contributed by atoms with E-state index in [-0.39, 0.29) is 16.4 Å². The highest BCUT2D eigenvalue weighted by molar-refractivity contribution is 8.15. The van der Waals surface area contributed by atoms with E-state index in [1.165, 1.54) is 0 Å². The van der Waals surface area contributed by atoms with E-state index in [2.05, 4.69) is 10.3 Å². The maximum atomic E-state index is 11.6. The number of hydrogen-bond acceptors (Lipinski definition) is 12. The Morgan fingerprint density at radius 2 is 1.50 bits per heavy atom. The average molecular weight is 666 g/mol. The molecule has 2 amide bonds. The van der Waals surface area contributed by atoms with E-state index < -0.39 is 48.3 Å². The van der Waals surface area contributed by atoms with Gasteiger partial charge in [0, 0.05) is 25.4 Å². The van der Waals surface area contributed by atoms with Crippen LogP contribution in [0.2, 0.25) is 0 Å². The van der Waals surface area contributed by atoms with Gasteiger partial charge in [0.25, 0.3) is 5.24 Å². The standard InChI is InChI=1S/C18H19N3O3S.C6H8O7.C4H4O4/c1-21(16-4-2-3-9-19-16)10-11-24-14-7-5-13(6-8-14)12-15-17(22)20-18(23)25-15;7-3(8)1-6(13,5(11)12)2-4(9)10;5-3(6)1-2-4(7)8/h2-9,15H,10-12H2,1H3,(H,20,22,23);13H,1-2H2,(H,7,8)(H,9,10)(H,11,12);1-2H,(H,5,6)(H,7,8). The summed E-state index contributed by atoms with van der Waals surface area (Å²) < 4.78 is 5.75. The summed E-state index contributed by atoms with van der Waals surface area (Å²) in [6, 6.07) is 13.4. The average Bonchev–Trinajstić information content (AvgIpc) is 3.28. The van der Waals surface area contributed by atoms with Crippen molar-refractivity contribution in [3.05, 3.63) is 66.4 Å². The number of carboxylic acid groups (broad SMARTS) is 5. The van der Waals surface area contributed by atoms with E-state index in [0.717, 1.165) is 35.4 Å². The third-order valence-corrected chi connectivity index (χ3v) is 6.48. The second-order valence-corrected chi connectivity index (χ2v) is 10.4. The van der Waals surface area contributed by atoms with E-state index >= 15 is 0 Å². The lowest BCUT2D eigenvalue weighted by atomic mass is 9.96. The van der Waals surface area contributed by atoms with Crippen LogP contribution < -0.4 is 15.0 Å². The number of aliphatic carboxylic acids is 5. The number of pyridine rings is 1. The fraction of sp³-hybridized carbons (Fsp3) is 0.286.